The topological polar surface area (TPSA) is 32.3 Å². The molecule has 3 nitrogen and oxygen atoms in total. The molecule has 2 rings (SSSR count). The van der Waals surface area contributed by atoms with Crippen molar-refractivity contribution in [2.45, 2.75) is 25.9 Å². The van der Waals surface area contributed by atoms with E-state index in [-0.39, 0.29) is 23.2 Å². The molecule has 1 N–H and O–H groups in total. The van der Waals surface area contributed by atoms with Gasteiger partial charge in [0.15, 0.2) is 0 Å². The minimum absolute atomic E-state index is 0.104. The van der Waals surface area contributed by atoms with Crippen molar-refractivity contribution in [3.63, 3.8) is 0 Å². The van der Waals surface area contributed by atoms with Gasteiger partial charge in [0.1, 0.15) is 0 Å². The van der Waals surface area contributed by atoms with Crippen LogP contribution in [-0.2, 0) is 11.0 Å². The second-order valence-electron chi connectivity index (χ2n) is 5.72. The van der Waals surface area contributed by atoms with Crippen molar-refractivity contribution in [3.8, 4) is 0 Å². The molecule has 1 heterocycles. The zero-order valence-corrected chi connectivity index (χ0v) is 13.0. The third kappa shape index (κ3) is 4.61. The summed E-state index contributed by atoms with van der Waals surface area (Å²) in [5.74, 6) is 0.221. The first-order valence-corrected chi connectivity index (χ1v) is 7.52. The number of anilines is 1. The Bertz CT molecular complexity index is 548. The lowest BCUT2D eigenvalue weighted by atomic mass is 10.0. The molecule has 1 saturated heterocycles. The van der Waals surface area contributed by atoms with Crippen LogP contribution >= 0.6 is 11.6 Å². The van der Waals surface area contributed by atoms with Crippen molar-refractivity contribution in [2.75, 3.05) is 25.0 Å². The van der Waals surface area contributed by atoms with Crippen LogP contribution < -0.4 is 5.32 Å². The number of amides is 1. The Kier molecular flexibility index (Phi) is 5.34. The van der Waals surface area contributed by atoms with Gasteiger partial charge < -0.3 is 5.32 Å². The summed E-state index contributed by atoms with van der Waals surface area (Å²) < 4.78 is 38.3. The Balaban J connectivity index is 1.99. The zero-order valence-electron chi connectivity index (χ0n) is 12.2. The van der Waals surface area contributed by atoms with E-state index in [0.717, 1.165) is 38.1 Å². The second-order valence-corrected chi connectivity index (χ2v) is 6.13. The molecule has 0 radical (unpaired) electrons. The van der Waals surface area contributed by atoms with Crippen molar-refractivity contribution in [1.29, 1.82) is 0 Å². The minimum atomic E-state index is -4.54. The molecule has 122 valence electrons. The van der Waals surface area contributed by atoms with Crippen LogP contribution in [0.15, 0.2) is 18.2 Å². The number of nitrogens with zero attached hydrogens (tertiary/aromatic N) is 1. The fourth-order valence-electron chi connectivity index (χ4n) is 2.65. The molecule has 0 unspecified atom stereocenters. The van der Waals surface area contributed by atoms with Crippen molar-refractivity contribution >= 4 is 23.2 Å². The first-order chi connectivity index (χ1) is 10.3. The number of halogens is 4. The predicted octanol–water partition coefficient (Wildman–Crippen LogP) is 4.03. The molecular formula is C15H18ClF3N2O. The molecule has 0 aliphatic carbocycles. The average molecular weight is 335 g/mol. The largest absolute Gasteiger partial charge is 0.417 e. The van der Waals surface area contributed by atoms with Gasteiger partial charge in [0.2, 0.25) is 5.91 Å². The Morgan fingerprint density at radius 1 is 1.45 bits per heavy atom. The van der Waals surface area contributed by atoms with Crippen LogP contribution in [0, 0.1) is 5.92 Å². The van der Waals surface area contributed by atoms with Crippen LogP contribution in [0.3, 0.4) is 0 Å². The number of piperidine rings is 1. The van der Waals surface area contributed by atoms with Crippen LogP contribution in [0.1, 0.15) is 25.3 Å². The number of carbonyl (C=O) groups excluding carboxylic acids is 1. The average Bonchev–Trinajstić information content (AvgIpc) is 2.39. The van der Waals surface area contributed by atoms with Crippen LogP contribution in [0.25, 0.3) is 0 Å². The first kappa shape index (κ1) is 17.1. The van der Waals surface area contributed by atoms with Gasteiger partial charge in [0.05, 0.1) is 17.1 Å². The summed E-state index contributed by atoms with van der Waals surface area (Å²) in [7, 11) is 0. The van der Waals surface area contributed by atoms with E-state index in [1.807, 2.05) is 4.90 Å². The smallest absolute Gasteiger partial charge is 0.325 e. The van der Waals surface area contributed by atoms with Crippen molar-refractivity contribution in [1.82, 2.24) is 4.90 Å². The normalized spacial score (nSPS) is 20.0. The van der Waals surface area contributed by atoms with Gasteiger partial charge in [-0.25, -0.2) is 0 Å². The summed E-state index contributed by atoms with van der Waals surface area (Å²) in [5, 5.41) is 2.13. The molecule has 1 atom stereocenters. The molecule has 1 aliphatic heterocycles. The van der Waals surface area contributed by atoms with E-state index in [1.54, 1.807) is 0 Å². The van der Waals surface area contributed by atoms with Gasteiger partial charge in [-0.05, 0) is 43.5 Å². The Morgan fingerprint density at radius 2 is 2.18 bits per heavy atom. The van der Waals surface area contributed by atoms with E-state index >= 15 is 0 Å². The van der Waals surface area contributed by atoms with Crippen molar-refractivity contribution in [2.24, 2.45) is 5.92 Å². The highest BCUT2D eigenvalue weighted by Gasteiger charge is 2.33. The highest BCUT2D eigenvalue weighted by molar-refractivity contribution is 6.31. The molecule has 1 aromatic rings. The molecule has 0 aromatic heterocycles. The lowest BCUT2D eigenvalue weighted by Gasteiger charge is -2.30. The Labute approximate surface area is 132 Å². The molecule has 0 saturated carbocycles. The number of alkyl halides is 3. The van der Waals surface area contributed by atoms with E-state index < -0.39 is 11.7 Å². The van der Waals surface area contributed by atoms with Gasteiger partial charge in [-0.1, -0.05) is 18.5 Å². The summed E-state index contributed by atoms with van der Waals surface area (Å²) >= 11 is 5.55. The van der Waals surface area contributed by atoms with Crippen LogP contribution in [0.2, 0.25) is 5.02 Å². The quantitative estimate of drug-likeness (QED) is 0.905. The molecule has 0 bridgehead atoms. The number of hydrogen-bond acceptors (Lipinski definition) is 2. The van der Waals surface area contributed by atoms with Crippen LogP contribution in [0.5, 0.6) is 0 Å². The minimum Gasteiger partial charge on any atom is -0.325 e. The fourth-order valence-corrected chi connectivity index (χ4v) is 2.88. The number of benzene rings is 1. The Morgan fingerprint density at radius 3 is 2.82 bits per heavy atom. The van der Waals surface area contributed by atoms with Crippen LogP contribution in [0.4, 0.5) is 18.9 Å². The number of rotatable bonds is 3. The summed E-state index contributed by atoms with van der Waals surface area (Å²) in [6.45, 7) is 3.99. The molecular weight excluding hydrogens is 317 g/mol. The van der Waals surface area contributed by atoms with Gasteiger partial charge in [-0.3, -0.25) is 9.69 Å². The lowest BCUT2D eigenvalue weighted by Crippen LogP contribution is -2.39. The van der Waals surface area contributed by atoms with Crippen LogP contribution in [-0.4, -0.2) is 30.4 Å². The highest BCUT2D eigenvalue weighted by Crippen LogP contribution is 2.36. The molecule has 1 aliphatic rings. The molecule has 22 heavy (non-hydrogen) atoms. The second kappa shape index (κ2) is 6.87. The third-order valence-corrected chi connectivity index (χ3v) is 3.99. The summed E-state index contributed by atoms with van der Waals surface area (Å²) in [5.41, 5.74) is -0.842. The molecule has 1 fully saturated rings. The zero-order chi connectivity index (χ0) is 16.3. The summed E-state index contributed by atoms with van der Waals surface area (Å²) in [6.07, 6.45) is -2.36. The van der Waals surface area contributed by atoms with Gasteiger partial charge in [-0.2, -0.15) is 13.2 Å². The lowest BCUT2D eigenvalue weighted by molar-refractivity contribution is -0.137. The fraction of sp³-hybridized carbons (Fsp3) is 0.533. The SMILES string of the molecule is C[C@H]1CCCN(CC(=O)Nc2ccc(Cl)c(C(F)(F)F)c2)C1. The number of carbonyl (C=O) groups is 1. The number of nitrogens with one attached hydrogen (secondary N) is 1. The van der Waals surface area contributed by atoms with Crippen molar-refractivity contribution in [3.05, 3.63) is 28.8 Å². The molecule has 7 heteroatoms. The van der Waals surface area contributed by atoms with Gasteiger partial charge in [-0.15, -0.1) is 0 Å². The highest BCUT2D eigenvalue weighted by atomic mass is 35.5. The van der Waals surface area contributed by atoms with E-state index in [4.69, 9.17) is 11.6 Å². The maximum absolute atomic E-state index is 12.8. The van der Waals surface area contributed by atoms with E-state index in [2.05, 4.69) is 12.2 Å². The Hall–Kier alpha value is -1.27. The van der Waals surface area contributed by atoms with Gasteiger partial charge >= 0.3 is 6.18 Å². The molecule has 0 spiro atoms. The maximum Gasteiger partial charge on any atom is 0.417 e. The first-order valence-electron chi connectivity index (χ1n) is 7.14. The molecule has 1 aromatic carbocycles. The number of likely N-dealkylation sites (tertiary alicyclic amines) is 1. The molecule has 1 amide bonds. The monoisotopic (exact) mass is 334 g/mol. The van der Waals surface area contributed by atoms with Crippen molar-refractivity contribution < 1.29 is 18.0 Å². The van der Waals surface area contributed by atoms with Gasteiger partial charge in [0.25, 0.3) is 0 Å². The third-order valence-electron chi connectivity index (χ3n) is 3.66. The van der Waals surface area contributed by atoms with E-state index in [1.165, 1.54) is 6.07 Å². The standard InChI is InChI=1S/C15H18ClF3N2O/c1-10-3-2-6-21(8-10)9-14(22)20-11-4-5-13(16)12(7-11)15(17,18)19/h4-5,7,10H,2-3,6,8-9H2,1H3,(H,20,22)/t10-/m0/s1. The maximum atomic E-state index is 12.8. The van der Waals surface area contributed by atoms with Gasteiger partial charge in [0, 0.05) is 12.2 Å². The summed E-state index contributed by atoms with van der Waals surface area (Å²) in [6, 6.07) is 3.37. The predicted molar refractivity (Wildman–Crippen MR) is 79.9 cm³/mol. The van der Waals surface area contributed by atoms with E-state index in [9.17, 15) is 18.0 Å². The van der Waals surface area contributed by atoms with E-state index in [0.29, 0.717) is 5.92 Å². The number of hydrogen-bond donors (Lipinski definition) is 1. The summed E-state index contributed by atoms with van der Waals surface area (Å²) in [4.78, 5) is 14.0.